The zero-order valence-corrected chi connectivity index (χ0v) is 13.6. The molecule has 2 aliphatic heterocycles. The number of carbonyl (C=O) groups is 1. The first-order chi connectivity index (χ1) is 10.2. The molecule has 0 spiro atoms. The van der Waals surface area contributed by atoms with Crippen LogP contribution < -0.4 is 0 Å². The lowest BCUT2D eigenvalue weighted by Gasteiger charge is -2.35. The topological polar surface area (TPSA) is 47.4 Å². The first-order valence-corrected chi connectivity index (χ1v) is 8.72. The third kappa shape index (κ3) is 2.83. The van der Waals surface area contributed by atoms with E-state index in [9.17, 15) is 4.79 Å². The molecule has 116 valence electrons. The lowest BCUT2D eigenvalue weighted by atomic mass is 10.1. The van der Waals surface area contributed by atoms with Crippen molar-refractivity contribution in [2.24, 2.45) is 0 Å². The fraction of sp³-hybridized carbons (Fsp3) is 0.733. The van der Waals surface area contributed by atoms with Crippen LogP contribution in [0.25, 0.3) is 0 Å². The average Bonchev–Trinajstić information content (AvgIpc) is 3.15. The third-order valence-electron chi connectivity index (χ3n) is 4.43. The van der Waals surface area contributed by atoms with Gasteiger partial charge in [0, 0.05) is 38.5 Å². The molecule has 2 unspecified atom stereocenters. The Bertz CT molecular complexity index is 511. The Morgan fingerprint density at radius 1 is 1.52 bits per heavy atom. The van der Waals surface area contributed by atoms with Gasteiger partial charge in [0.05, 0.1) is 17.9 Å². The van der Waals surface area contributed by atoms with E-state index < -0.39 is 0 Å². The number of aromatic nitrogens is 2. The molecule has 3 heterocycles. The van der Waals surface area contributed by atoms with Crippen molar-refractivity contribution in [3.63, 3.8) is 0 Å². The Balaban J connectivity index is 1.74. The third-order valence-corrected chi connectivity index (χ3v) is 5.79. The molecule has 0 aliphatic carbocycles. The van der Waals surface area contributed by atoms with Crippen LogP contribution in [0.5, 0.6) is 0 Å². The van der Waals surface area contributed by atoms with Crippen molar-refractivity contribution < 1.29 is 9.53 Å². The summed E-state index contributed by atoms with van der Waals surface area (Å²) in [6.45, 7) is 4.44. The second-order valence-electron chi connectivity index (χ2n) is 5.71. The number of methoxy groups -OCH3 is 1. The summed E-state index contributed by atoms with van der Waals surface area (Å²) in [5.41, 5.74) is 1.21. The summed E-state index contributed by atoms with van der Waals surface area (Å²) in [6.07, 6.45) is 5.01. The lowest BCUT2D eigenvalue weighted by molar-refractivity contribution is -0.134. The molecule has 5 nitrogen and oxygen atoms in total. The summed E-state index contributed by atoms with van der Waals surface area (Å²) in [6, 6.07) is 0.0729. The van der Waals surface area contributed by atoms with Crippen LogP contribution in [-0.2, 0) is 22.5 Å². The molecule has 6 heteroatoms. The van der Waals surface area contributed by atoms with Gasteiger partial charge in [0.2, 0.25) is 5.91 Å². The molecule has 0 N–H and O–H groups in total. The minimum atomic E-state index is 0.0729. The maximum Gasteiger partial charge on any atom is 0.236 e. The van der Waals surface area contributed by atoms with E-state index in [2.05, 4.69) is 16.5 Å². The zero-order valence-electron chi connectivity index (χ0n) is 12.7. The summed E-state index contributed by atoms with van der Waals surface area (Å²) in [7, 11) is 1.72. The van der Waals surface area contributed by atoms with Crippen molar-refractivity contribution in [1.29, 1.82) is 0 Å². The van der Waals surface area contributed by atoms with Gasteiger partial charge < -0.3 is 14.2 Å². The summed E-state index contributed by atoms with van der Waals surface area (Å²) >= 11 is 1.81. The van der Waals surface area contributed by atoms with Crippen molar-refractivity contribution in [3.05, 3.63) is 17.7 Å². The second-order valence-corrected chi connectivity index (χ2v) is 7.02. The molecule has 2 atom stereocenters. The van der Waals surface area contributed by atoms with Gasteiger partial charge in [-0.3, -0.25) is 4.79 Å². The van der Waals surface area contributed by atoms with Gasteiger partial charge in [-0.2, -0.15) is 0 Å². The highest BCUT2D eigenvalue weighted by Crippen LogP contribution is 2.32. The highest BCUT2D eigenvalue weighted by Gasteiger charge is 2.35. The van der Waals surface area contributed by atoms with Crippen LogP contribution >= 0.6 is 11.8 Å². The minimum absolute atomic E-state index is 0.0729. The van der Waals surface area contributed by atoms with E-state index in [0.717, 1.165) is 37.5 Å². The largest absolute Gasteiger partial charge is 0.384 e. The van der Waals surface area contributed by atoms with E-state index in [-0.39, 0.29) is 11.3 Å². The molecule has 0 bridgehead atoms. The summed E-state index contributed by atoms with van der Waals surface area (Å²) in [4.78, 5) is 19.2. The standard InChI is InChI=1S/C15H23N3O2S/c1-11-14-16-10-12(5-8-20-2)18(14)7-6-17(11)15(19)13-4-3-9-21-13/h10-11,13H,3-9H2,1-2H3. The molecular formula is C15H23N3O2S. The van der Waals surface area contributed by atoms with E-state index in [1.54, 1.807) is 7.11 Å². The number of carbonyl (C=O) groups excluding carboxylic acids is 1. The summed E-state index contributed by atoms with van der Waals surface area (Å²) in [5.74, 6) is 2.44. The van der Waals surface area contributed by atoms with Crippen LogP contribution in [0.2, 0.25) is 0 Å². The average molecular weight is 309 g/mol. The molecule has 0 saturated carbocycles. The van der Waals surface area contributed by atoms with E-state index in [0.29, 0.717) is 12.5 Å². The first-order valence-electron chi connectivity index (χ1n) is 7.67. The van der Waals surface area contributed by atoms with Gasteiger partial charge in [0.1, 0.15) is 5.82 Å². The van der Waals surface area contributed by atoms with Crippen LogP contribution in [0, 0.1) is 0 Å². The molecule has 1 saturated heterocycles. The van der Waals surface area contributed by atoms with Crippen LogP contribution in [0.1, 0.15) is 37.3 Å². The quantitative estimate of drug-likeness (QED) is 0.852. The SMILES string of the molecule is COCCc1cnc2n1CCN(C(=O)C1CCCS1)C2C. The molecule has 1 amide bonds. The van der Waals surface area contributed by atoms with E-state index in [1.165, 1.54) is 12.1 Å². The fourth-order valence-corrected chi connectivity index (χ4v) is 4.45. The number of fused-ring (bicyclic) bond motifs is 1. The number of nitrogens with zero attached hydrogens (tertiary/aromatic N) is 3. The van der Waals surface area contributed by atoms with E-state index in [1.807, 2.05) is 22.9 Å². The molecule has 1 aromatic heterocycles. The Kier molecular flexibility index (Phi) is 4.54. The smallest absolute Gasteiger partial charge is 0.236 e. The zero-order chi connectivity index (χ0) is 14.8. The van der Waals surface area contributed by atoms with Crippen molar-refractivity contribution in [3.8, 4) is 0 Å². The number of rotatable bonds is 4. The molecule has 1 aromatic rings. The van der Waals surface area contributed by atoms with Gasteiger partial charge in [-0.1, -0.05) is 0 Å². The number of thioether (sulfide) groups is 1. The molecule has 1 fully saturated rings. The number of hydrogen-bond acceptors (Lipinski definition) is 4. The molecule has 21 heavy (non-hydrogen) atoms. The maximum atomic E-state index is 12.6. The predicted octanol–water partition coefficient (Wildman–Crippen LogP) is 1.87. The van der Waals surface area contributed by atoms with Crippen molar-refractivity contribution >= 4 is 17.7 Å². The molecular weight excluding hydrogens is 286 g/mol. The number of ether oxygens (including phenoxy) is 1. The van der Waals surface area contributed by atoms with Gasteiger partial charge >= 0.3 is 0 Å². The second kappa shape index (κ2) is 6.40. The monoisotopic (exact) mass is 309 g/mol. The molecule has 0 aromatic carbocycles. The fourth-order valence-electron chi connectivity index (χ4n) is 3.22. The van der Waals surface area contributed by atoms with E-state index in [4.69, 9.17) is 4.74 Å². The number of imidazole rings is 1. The highest BCUT2D eigenvalue weighted by molar-refractivity contribution is 8.00. The van der Waals surface area contributed by atoms with Crippen LogP contribution in [0.15, 0.2) is 6.20 Å². The van der Waals surface area contributed by atoms with Crippen LogP contribution in [-0.4, -0.2) is 51.6 Å². The Labute approximate surface area is 130 Å². The molecule has 3 rings (SSSR count). The van der Waals surface area contributed by atoms with Gasteiger partial charge in [-0.05, 0) is 25.5 Å². The van der Waals surface area contributed by atoms with Crippen molar-refractivity contribution in [2.75, 3.05) is 26.0 Å². The predicted molar refractivity (Wildman–Crippen MR) is 83.4 cm³/mol. The minimum Gasteiger partial charge on any atom is -0.384 e. The van der Waals surface area contributed by atoms with Crippen LogP contribution in [0.4, 0.5) is 0 Å². The number of hydrogen-bond donors (Lipinski definition) is 0. The normalized spacial score (nSPS) is 25.1. The molecule has 0 radical (unpaired) electrons. The summed E-state index contributed by atoms with van der Waals surface area (Å²) in [5, 5.41) is 0.168. The highest BCUT2D eigenvalue weighted by atomic mass is 32.2. The van der Waals surface area contributed by atoms with Crippen molar-refractivity contribution in [1.82, 2.24) is 14.5 Å². The van der Waals surface area contributed by atoms with Crippen molar-refractivity contribution in [2.45, 2.75) is 44.0 Å². The van der Waals surface area contributed by atoms with Gasteiger partial charge in [-0.15, -0.1) is 11.8 Å². The summed E-state index contributed by atoms with van der Waals surface area (Å²) < 4.78 is 7.41. The van der Waals surface area contributed by atoms with Gasteiger partial charge in [0.25, 0.3) is 0 Å². The lowest BCUT2D eigenvalue weighted by Crippen LogP contribution is -2.44. The Morgan fingerprint density at radius 3 is 3.10 bits per heavy atom. The van der Waals surface area contributed by atoms with Crippen LogP contribution in [0.3, 0.4) is 0 Å². The van der Waals surface area contributed by atoms with Gasteiger partial charge in [0.15, 0.2) is 0 Å². The number of amides is 1. The van der Waals surface area contributed by atoms with E-state index >= 15 is 0 Å². The Morgan fingerprint density at radius 2 is 2.38 bits per heavy atom. The molecule has 2 aliphatic rings. The Hall–Kier alpha value is -1.01. The van der Waals surface area contributed by atoms with Gasteiger partial charge in [-0.25, -0.2) is 4.98 Å². The maximum absolute atomic E-state index is 12.6. The first kappa shape index (κ1) is 14.9.